The molecule has 174 valence electrons. The number of hydrogen-bond donors (Lipinski definition) is 1. The van der Waals surface area contributed by atoms with E-state index in [1.807, 2.05) is 13.8 Å². The molecule has 0 bridgehead atoms. The molecule has 0 aliphatic rings. The number of esters is 1. The fraction of sp³-hybridized carbons (Fsp3) is 0.435. The van der Waals surface area contributed by atoms with Crippen LogP contribution in [0.4, 0.5) is 5.00 Å². The Morgan fingerprint density at radius 3 is 2.31 bits per heavy atom. The average molecular weight is 463 g/mol. The molecule has 0 atom stereocenters. The molecule has 1 aromatic heterocycles. The van der Waals surface area contributed by atoms with E-state index in [1.165, 1.54) is 7.11 Å². The number of anilines is 1. The van der Waals surface area contributed by atoms with Crippen molar-refractivity contribution in [3.63, 3.8) is 0 Å². The highest BCUT2D eigenvalue weighted by molar-refractivity contribution is 7.18. The topological polar surface area (TPSA) is 94.2 Å². The maximum Gasteiger partial charge on any atom is 0.341 e. The molecule has 0 saturated heterocycles. The lowest BCUT2D eigenvalue weighted by Crippen LogP contribution is -2.30. The van der Waals surface area contributed by atoms with Crippen molar-refractivity contribution >= 4 is 34.1 Å². The number of carbonyl (C=O) groups is 3. The zero-order valence-corrected chi connectivity index (χ0v) is 20.2. The summed E-state index contributed by atoms with van der Waals surface area (Å²) < 4.78 is 15.7. The van der Waals surface area contributed by atoms with Crippen molar-refractivity contribution in [1.29, 1.82) is 0 Å². The molecule has 0 saturated carbocycles. The molecule has 1 aromatic carbocycles. The van der Waals surface area contributed by atoms with Gasteiger partial charge in [-0.25, -0.2) is 4.79 Å². The fourth-order valence-electron chi connectivity index (χ4n) is 3.25. The second-order valence-corrected chi connectivity index (χ2v) is 7.88. The maximum atomic E-state index is 12.9. The zero-order valence-electron chi connectivity index (χ0n) is 19.4. The van der Waals surface area contributed by atoms with Crippen LogP contribution in [0.3, 0.4) is 0 Å². The second-order valence-electron chi connectivity index (χ2n) is 6.86. The van der Waals surface area contributed by atoms with Gasteiger partial charge in [0.05, 0.1) is 37.7 Å². The molecule has 2 amide bonds. The Bertz CT molecular complexity index is 981. The predicted molar refractivity (Wildman–Crippen MR) is 124 cm³/mol. The summed E-state index contributed by atoms with van der Waals surface area (Å²) in [5, 5.41) is 3.09. The van der Waals surface area contributed by atoms with Gasteiger partial charge in [0.15, 0.2) is 0 Å². The quantitative estimate of drug-likeness (QED) is 0.538. The van der Waals surface area contributed by atoms with Crippen LogP contribution < -0.4 is 14.8 Å². The summed E-state index contributed by atoms with van der Waals surface area (Å²) in [6.07, 6.45) is 0.0195. The SMILES string of the molecule is CCOC(=O)c1c(NC(=O)Cc2ccc(OC)cc2OC)sc(C(=O)N(CC)CC)c1C. The normalized spacial score (nSPS) is 10.4. The lowest BCUT2D eigenvalue weighted by molar-refractivity contribution is -0.115. The van der Waals surface area contributed by atoms with Crippen LogP contribution in [-0.2, 0) is 16.0 Å². The molecule has 32 heavy (non-hydrogen) atoms. The molecule has 2 rings (SSSR count). The van der Waals surface area contributed by atoms with Crippen LogP contribution in [0.2, 0.25) is 0 Å². The Morgan fingerprint density at radius 2 is 1.75 bits per heavy atom. The van der Waals surface area contributed by atoms with E-state index >= 15 is 0 Å². The van der Waals surface area contributed by atoms with Crippen molar-refractivity contribution in [2.24, 2.45) is 0 Å². The van der Waals surface area contributed by atoms with Crippen molar-refractivity contribution in [3.8, 4) is 11.5 Å². The standard InChI is InChI=1S/C23H30N2O6S/c1-7-25(8-2)22(27)20-14(4)19(23(28)31-9-3)21(32-20)24-18(26)12-15-10-11-16(29-5)13-17(15)30-6/h10-11,13H,7-9,12H2,1-6H3,(H,24,26). The van der Waals surface area contributed by atoms with E-state index in [2.05, 4.69) is 5.32 Å². The number of rotatable bonds is 10. The van der Waals surface area contributed by atoms with Crippen LogP contribution in [0.5, 0.6) is 11.5 Å². The smallest absolute Gasteiger partial charge is 0.341 e. The van der Waals surface area contributed by atoms with Gasteiger partial charge in [-0.1, -0.05) is 6.07 Å². The van der Waals surface area contributed by atoms with Crippen LogP contribution in [0.25, 0.3) is 0 Å². The average Bonchev–Trinajstić information content (AvgIpc) is 3.10. The Morgan fingerprint density at radius 1 is 1.06 bits per heavy atom. The number of methoxy groups -OCH3 is 2. The van der Waals surface area contributed by atoms with Gasteiger partial charge in [0.25, 0.3) is 5.91 Å². The largest absolute Gasteiger partial charge is 0.497 e. The molecule has 0 radical (unpaired) electrons. The van der Waals surface area contributed by atoms with Crippen molar-refractivity contribution < 1.29 is 28.6 Å². The summed E-state index contributed by atoms with van der Waals surface area (Å²) >= 11 is 1.09. The molecular formula is C23H30N2O6S. The van der Waals surface area contributed by atoms with Gasteiger partial charge in [-0.2, -0.15) is 0 Å². The van der Waals surface area contributed by atoms with Gasteiger partial charge in [-0.3, -0.25) is 9.59 Å². The zero-order chi connectivity index (χ0) is 23.8. The molecule has 9 heteroatoms. The number of hydrogen-bond acceptors (Lipinski definition) is 7. The highest BCUT2D eigenvalue weighted by Crippen LogP contribution is 2.35. The molecule has 0 aliphatic carbocycles. The van der Waals surface area contributed by atoms with Crippen molar-refractivity contribution in [3.05, 3.63) is 39.8 Å². The van der Waals surface area contributed by atoms with Crippen LogP contribution in [0.15, 0.2) is 18.2 Å². The number of thiophene rings is 1. The first-order chi connectivity index (χ1) is 15.3. The number of benzene rings is 1. The number of nitrogens with one attached hydrogen (secondary N) is 1. The Hall–Kier alpha value is -3.07. The van der Waals surface area contributed by atoms with Crippen LogP contribution in [0.1, 0.15) is 51.9 Å². The first-order valence-electron chi connectivity index (χ1n) is 10.4. The van der Waals surface area contributed by atoms with E-state index in [0.717, 1.165) is 11.3 Å². The third-order valence-electron chi connectivity index (χ3n) is 4.97. The molecule has 1 heterocycles. The first-order valence-corrected chi connectivity index (χ1v) is 11.2. The monoisotopic (exact) mass is 462 g/mol. The number of nitrogens with zero attached hydrogens (tertiary/aromatic N) is 1. The number of carbonyl (C=O) groups excluding carboxylic acids is 3. The minimum atomic E-state index is -0.572. The van der Waals surface area contributed by atoms with Gasteiger partial charge in [-0.15, -0.1) is 11.3 Å². The van der Waals surface area contributed by atoms with Gasteiger partial charge < -0.3 is 24.4 Å². The Kier molecular flexibility index (Phi) is 9.07. The minimum Gasteiger partial charge on any atom is -0.497 e. The Labute approximate surface area is 192 Å². The highest BCUT2D eigenvalue weighted by atomic mass is 32.1. The van der Waals surface area contributed by atoms with Gasteiger partial charge in [0.2, 0.25) is 5.91 Å². The summed E-state index contributed by atoms with van der Waals surface area (Å²) in [6.45, 7) is 8.45. The molecule has 1 N–H and O–H groups in total. The third kappa shape index (κ3) is 5.59. The summed E-state index contributed by atoms with van der Waals surface area (Å²) in [5.41, 5.74) is 1.38. The summed E-state index contributed by atoms with van der Waals surface area (Å²) in [5.74, 6) is 0.0357. The van der Waals surface area contributed by atoms with Crippen LogP contribution >= 0.6 is 11.3 Å². The van der Waals surface area contributed by atoms with Gasteiger partial charge in [0.1, 0.15) is 16.5 Å². The van der Waals surface area contributed by atoms with Gasteiger partial charge in [-0.05, 0) is 39.3 Å². The van der Waals surface area contributed by atoms with Crippen LogP contribution in [-0.4, -0.2) is 56.6 Å². The molecule has 2 aromatic rings. The van der Waals surface area contributed by atoms with E-state index in [-0.39, 0.29) is 30.4 Å². The summed E-state index contributed by atoms with van der Waals surface area (Å²) in [6, 6.07) is 5.19. The van der Waals surface area contributed by atoms with Gasteiger partial charge >= 0.3 is 5.97 Å². The van der Waals surface area contributed by atoms with Crippen molar-refractivity contribution in [1.82, 2.24) is 4.90 Å². The van der Waals surface area contributed by atoms with Crippen molar-refractivity contribution in [2.45, 2.75) is 34.1 Å². The number of amides is 2. The molecule has 0 aliphatic heterocycles. The molecular weight excluding hydrogens is 432 g/mol. The van der Waals surface area contributed by atoms with Crippen molar-refractivity contribution in [2.75, 3.05) is 39.2 Å². The maximum absolute atomic E-state index is 12.9. The fourth-order valence-corrected chi connectivity index (χ4v) is 4.43. The van der Waals surface area contributed by atoms with E-state index in [1.54, 1.807) is 44.1 Å². The number of ether oxygens (including phenoxy) is 3. The molecule has 8 nitrogen and oxygen atoms in total. The summed E-state index contributed by atoms with van der Waals surface area (Å²) in [7, 11) is 3.07. The predicted octanol–water partition coefficient (Wildman–Crippen LogP) is 3.91. The lowest BCUT2D eigenvalue weighted by Gasteiger charge is -2.18. The third-order valence-corrected chi connectivity index (χ3v) is 6.16. The Balaban J connectivity index is 2.37. The minimum absolute atomic E-state index is 0.0195. The van der Waals surface area contributed by atoms with E-state index in [9.17, 15) is 14.4 Å². The second kappa shape index (κ2) is 11.5. The first kappa shape index (κ1) is 25.2. The molecule has 0 fully saturated rings. The van der Waals surface area contributed by atoms with E-state index in [4.69, 9.17) is 14.2 Å². The summed E-state index contributed by atoms with van der Waals surface area (Å²) in [4.78, 5) is 40.5. The molecule has 0 unspecified atom stereocenters. The van der Waals surface area contributed by atoms with E-state index in [0.29, 0.717) is 45.6 Å². The van der Waals surface area contributed by atoms with Gasteiger partial charge in [0, 0.05) is 24.7 Å². The highest BCUT2D eigenvalue weighted by Gasteiger charge is 2.28. The van der Waals surface area contributed by atoms with Crippen LogP contribution in [0, 0.1) is 6.92 Å². The molecule has 0 spiro atoms. The van der Waals surface area contributed by atoms with E-state index < -0.39 is 5.97 Å². The lowest BCUT2D eigenvalue weighted by atomic mass is 10.1.